The molecule has 0 saturated carbocycles. The van der Waals surface area contributed by atoms with Crippen LogP contribution in [0.5, 0.6) is 0 Å². The Morgan fingerprint density at radius 3 is 1.00 bits per heavy atom. The second kappa shape index (κ2) is 20.3. The average molecular weight is 309 g/mol. The van der Waals surface area contributed by atoms with Crippen molar-refractivity contribution in [1.82, 2.24) is 0 Å². The minimum atomic E-state index is -0.362. The molecule has 0 aromatic carbocycles. The highest BCUT2D eigenvalue weighted by Crippen LogP contribution is 2.19. The standard InChI is InChI=1S/3C6H13.Al.Mg.2H/c3*1-3-5-6-4-2;;;;/h3*1,3-6H2,2H3;;;;. The Balaban J connectivity index is 0. The minimum absolute atomic E-state index is 0. The van der Waals surface area contributed by atoms with Gasteiger partial charge in [0, 0.05) is 0 Å². The molecular formula is C18H41AlMg. The van der Waals surface area contributed by atoms with Crippen molar-refractivity contribution in [2.24, 2.45) is 0 Å². The van der Waals surface area contributed by atoms with Crippen molar-refractivity contribution < 1.29 is 0 Å². The highest BCUT2D eigenvalue weighted by atomic mass is 27.2. The molecule has 0 nitrogen and oxygen atoms in total. The van der Waals surface area contributed by atoms with Crippen LogP contribution in [-0.4, -0.2) is 37.2 Å². The van der Waals surface area contributed by atoms with Crippen LogP contribution in [-0.2, 0) is 0 Å². The highest BCUT2D eigenvalue weighted by Gasteiger charge is 2.15. The van der Waals surface area contributed by atoms with E-state index in [0.29, 0.717) is 0 Å². The summed E-state index contributed by atoms with van der Waals surface area (Å²) in [6.07, 6.45) is 17.7. The lowest BCUT2D eigenvalue weighted by Gasteiger charge is -2.11. The normalized spacial score (nSPS) is 10.3. The molecule has 0 aliphatic rings. The lowest BCUT2D eigenvalue weighted by molar-refractivity contribution is 0.672. The second-order valence-electron chi connectivity index (χ2n) is 6.41. The molecule has 0 aliphatic carbocycles. The Bertz CT molecular complexity index is 133. The van der Waals surface area contributed by atoms with Crippen LogP contribution in [0.25, 0.3) is 0 Å². The summed E-state index contributed by atoms with van der Waals surface area (Å²) in [7, 11) is 0. The fourth-order valence-electron chi connectivity index (χ4n) is 3.01. The molecular weight excluding hydrogens is 267 g/mol. The van der Waals surface area contributed by atoms with Crippen LogP contribution in [0.3, 0.4) is 0 Å². The van der Waals surface area contributed by atoms with Gasteiger partial charge in [-0.3, -0.25) is 0 Å². The summed E-state index contributed by atoms with van der Waals surface area (Å²) in [4.78, 5) is 0. The van der Waals surface area contributed by atoms with E-state index in [1.807, 2.05) is 0 Å². The highest BCUT2D eigenvalue weighted by molar-refractivity contribution is 6.58. The molecule has 0 aliphatic heterocycles. The van der Waals surface area contributed by atoms with Gasteiger partial charge in [0.05, 0.1) is 0 Å². The zero-order chi connectivity index (χ0) is 14.2. The van der Waals surface area contributed by atoms with E-state index in [1.54, 1.807) is 35.1 Å². The largest absolute Gasteiger partial charge is 0.316 e. The molecule has 0 atom stereocenters. The lowest BCUT2D eigenvalue weighted by atomic mass is 10.2. The molecule has 0 aromatic heterocycles. The summed E-state index contributed by atoms with van der Waals surface area (Å²) in [5.41, 5.74) is 0. The first kappa shape index (κ1) is 23.6. The second-order valence-corrected chi connectivity index (χ2v) is 9.88. The van der Waals surface area contributed by atoms with E-state index >= 15 is 0 Å². The molecule has 0 heterocycles. The van der Waals surface area contributed by atoms with Gasteiger partial charge in [-0.05, 0) is 0 Å². The van der Waals surface area contributed by atoms with E-state index in [2.05, 4.69) is 20.8 Å². The number of hydrogen-bond acceptors (Lipinski definition) is 0. The molecule has 0 N–H and O–H groups in total. The molecule has 0 unspecified atom stereocenters. The first-order valence-corrected chi connectivity index (χ1v) is 11.8. The van der Waals surface area contributed by atoms with Gasteiger partial charge in [-0.1, -0.05) is 114 Å². The van der Waals surface area contributed by atoms with E-state index in [4.69, 9.17) is 0 Å². The summed E-state index contributed by atoms with van der Waals surface area (Å²) in [6, 6.07) is 0. The Morgan fingerprint density at radius 2 is 0.750 bits per heavy atom. The SMILES string of the molecule is CCCCC[CH2][Al]([CH2]CCCCC)[CH2]CCCCC.[MgH2]. The Morgan fingerprint density at radius 1 is 0.450 bits per heavy atom. The van der Waals surface area contributed by atoms with Gasteiger partial charge in [0.15, 0.2) is 0 Å². The third kappa shape index (κ3) is 17.4. The third-order valence-electron chi connectivity index (χ3n) is 4.40. The van der Waals surface area contributed by atoms with Crippen LogP contribution in [0.4, 0.5) is 0 Å². The number of rotatable bonds is 15. The minimum Gasteiger partial charge on any atom is -0.0939 e. The fraction of sp³-hybridized carbons (Fsp3) is 1.00. The summed E-state index contributed by atoms with van der Waals surface area (Å²) in [6.45, 7) is 6.97. The monoisotopic (exact) mass is 308 g/mol. The fourth-order valence-corrected chi connectivity index (χ4v) is 6.48. The van der Waals surface area contributed by atoms with Crippen molar-refractivity contribution >= 4 is 37.2 Å². The predicted molar refractivity (Wildman–Crippen MR) is 101 cm³/mol. The van der Waals surface area contributed by atoms with Gasteiger partial charge in [-0.2, -0.15) is 0 Å². The van der Waals surface area contributed by atoms with Crippen molar-refractivity contribution in [1.29, 1.82) is 0 Å². The maximum Gasteiger partial charge on any atom is 0.316 e. The zero-order valence-corrected chi connectivity index (χ0v) is 15.3. The number of unbranched alkanes of at least 4 members (excludes halogenated alkanes) is 9. The van der Waals surface area contributed by atoms with Crippen LogP contribution < -0.4 is 0 Å². The predicted octanol–water partition coefficient (Wildman–Crippen LogP) is 6.31. The van der Waals surface area contributed by atoms with Crippen LogP contribution in [0.2, 0.25) is 15.8 Å². The smallest absolute Gasteiger partial charge is 0.0939 e. The summed E-state index contributed by atoms with van der Waals surface area (Å²) in [5, 5.41) is 4.95. The lowest BCUT2D eigenvalue weighted by Crippen LogP contribution is -2.11. The van der Waals surface area contributed by atoms with E-state index in [9.17, 15) is 0 Å². The number of hydrogen-bond donors (Lipinski definition) is 0. The van der Waals surface area contributed by atoms with Crippen LogP contribution in [0, 0.1) is 0 Å². The molecule has 20 heavy (non-hydrogen) atoms. The quantitative estimate of drug-likeness (QED) is 0.246. The van der Waals surface area contributed by atoms with Gasteiger partial charge >= 0.3 is 23.1 Å². The summed E-state index contributed by atoms with van der Waals surface area (Å²) >= 11 is -0.362. The molecule has 0 rings (SSSR count). The third-order valence-corrected chi connectivity index (χ3v) is 8.07. The van der Waals surface area contributed by atoms with Crippen LogP contribution in [0.1, 0.15) is 97.8 Å². The van der Waals surface area contributed by atoms with E-state index < -0.39 is 0 Å². The van der Waals surface area contributed by atoms with Gasteiger partial charge in [0.2, 0.25) is 0 Å². The molecule has 0 amide bonds. The summed E-state index contributed by atoms with van der Waals surface area (Å²) < 4.78 is 0. The molecule has 0 saturated heterocycles. The molecule has 0 radical (unpaired) electrons. The van der Waals surface area contributed by atoms with Crippen LogP contribution >= 0.6 is 0 Å². The van der Waals surface area contributed by atoms with Gasteiger partial charge in [0.25, 0.3) is 14.1 Å². The van der Waals surface area contributed by atoms with E-state index in [1.165, 1.54) is 57.8 Å². The first-order chi connectivity index (χ1) is 9.35. The maximum absolute atomic E-state index is 2.32. The Hall–Kier alpha value is 1.30. The summed E-state index contributed by atoms with van der Waals surface area (Å²) in [5.74, 6) is 0. The Labute approximate surface area is 150 Å². The molecule has 0 fully saturated rings. The average Bonchev–Trinajstić information content (AvgIpc) is 2.43. The van der Waals surface area contributed by atoms with Crippen LogP contribution in [0.15, 0.2) is 0 Å². The van der Waals surface area contributed by atoms with Gasteiger partial charge < -0.3 is 0 Å². The van der Waals surface area contributed by atoms with Gasteiger partial charge in [-0.25, -0.2) is 0 Å². The van der Waals surface area contributed by atoms with Crippen molar-refractivity contribution in [2.45, 2.75) is 114 Å². The molecule has 2 heteroatoms. The first-order valence-electron chi connectivity index (χ1n) is 9.35. The molecule has 0 bridgehead atoms. The van der Waals surface area contributed by atoms with Crippen molar-refractivity contribution in [2.75, 3.05) is 0 Å². The van der Waals surface area contributed by atoms with Crippen molar-refractivity contribution in [3.05, 3.63) is 0 Å². The van der Waals surface area contributed by atoms with Gasteiger partial charge in [0.1, 0.15) is 0 Å². The molecule has 0 aromatic rings. The topological polar surface area (TPSA) is 0 Å². The van der Waals surface area contributed by atoms with E-state index in [0.717, 1.165) is 0 Å². The van der Waals surface area contributed by atoms with Crippen molar-refractivity contribution in [3.8, 4) is 0 Å². The van der Waals surface area contributed by atoms with E-state index in [-0.39, 0.29) is 37.2 Å². The van der Waals surface area contributed by atoms with Gasteiger partial charge in [-0.15, -0.1) is 0 Å². The zero-order valence-electron chi connectivity index (χ0n) is 14.2. The maximum atomic E-state index is 2.32. The van der Waals surface area contributed by atoms with Crippen molar-refractivity contribution in [3.63, 3.8) is 0 Å². The molecule has 118 valence electrons. The molecule has 0 spiro atoms. The Kier molecular flexibility index (Phi) is 23.9.